The number of esters is 1. The number of benzene rings is 1. The number of carbonyl (C=O) groups excluding carboxylic acids is 2. The van der Waals surface area contributed by atoms with Crippen LogP contribution in [-0.2, 0) is 14.9 Å². The van der Waals surface area contributed by atoms with E-state index in [0.717, 1.165) is 12.0 Å². The molecule has 4 nitrogen and oxygen atoms in total. The predicted octanol–water partition coefficient (Wildman–Crippen LogP) is 4.15. The van der Waals surface area contributed by atoms with Crippen LogP contribution in [0.25, 0.3) is 0 Å². The smallest absolute Gasteiger partial charge is 0.379 e. The summed E-state index contributed by atoms with van der Waals surface area (Å²) in [6.45, 7) is 12.7. The lowest BCUT2D eigenvalue weighted by Gasteiger charge is -2.33. The SMILES string of the molecule is CCOC(=O)C(=O)c1cc(C(C)(C)CC(C)(C)C)ccc1OC. The van der Waals surface area contributed by atoms with Crippen LogP contribution in [0.4, 0.5) is 0 Å². The lowest BCUT2D eigenvalue weighted by molar-refractivity contribution is -0.137. The first-order chi connectivity index (χ1) is 10.5. The van der Waals surface area contributed by atoms with Gasteiger partial charge in [-0.2, -0.15) is 0 Å². The van der Waals surface area contributed by atoms with E-state index in [2.05, 4.69) is 34.6 Å². The molecule has 0 aliphatic heterocycles. The highest BCUT2D eigenvalue weighted by molar-refractivity contribution is 6.41. The lowest BCUT2D eigenvalue weighted by atomic mass is 9.72. The summed E-state index contributed by atoms with van der Waals surface area (Å²) < 4.78 is 10.1. The molecule has 0 bridgehead atoms. The molecule has 0 amide bonds. The molecule has 0 atom stereocenters. The third kappa shape index (κ3) is 5.08. The summed E-state index contributed by atoms with van der Waals surface area (Å²) in [7, 11) is 1.48. The molecular weight excluding hydrogens is 292 g/mol. The fourth-order valence-electron chi connectivity index (χ4n) is 3.04. The normalized spacial score (nSPS) is 12.0. The number of hydrogen-bond acceptors (Lipinski definition) is 4. The molecule has 0 saturated heterocycles. The fourth-order valence-corrected chi connectivity index (χ4v) is 3.04. The summed E-state index contributed by atoms with van der Waals surface area (Å²) in [6.07, 6.45) is 0.944. The van der Waals surface area contributed by atoms with Crippen LogP contribution in [0.5, 0.6) is 5.75 Å². The molecule has 0 fully saturated rings. The highest BCUT2D eigenvalue weighted by atomic mass is 16.5. The highest BCUT2D eigenvalue weighted by Gasteiger charge is 2.30. The maximum Gasteiger partial charge on any atom is 0.379 e. The number of rotatable bonds is 6. The van der Waals surface area contributed by atoms with Crippen molar-refractivity contribution < 1.29 is 19.1 Å². The Balaban J connectivity index is 3.27. The van der Waals surface area contributed by atoms with Gasteiger partial charge in [0.05, 0.1) is 19.3 Å². The third-order valence-electron chi connectivity index (χ3n) is 3.66. The zero-order valence-electron chi connectivity index (χ0n) is 15.3. The summed E-state index contributed by atoms with van der Waals surface area (Å²) in [4.78, 5) is 24.1. The Morgan fingerprint density at radius 1 is 1.09 bits per heavy atom. The number of ketones is 1. The lowest BCUT2D eigenvalue weighted by Crippen LogP contribution is -2.26. The van der Waals surface area contributed by atoms with E-state index in [4.69, 9.17) is 9.47 Å². The second-order valence-corrected chi connectivity index (χ2v) is 7.59. The van der Waals surface area contributed by atoms with Crippen LogP contribution in [0.3, 0.4) is 0 Å². The van der Waals surface area contributed by atoms with Crippen molar-refractivity contribution in [3.63, 3.8) is 0 Å². The Hall–Kier alpha value is -1.84. The first-order valence-electron chi connectivity index (χ1n) is 7.92. The maximum absolute atomic E-state index is 12.3. The second kappa shape index (κ2) is 7.16. The van der Waals surface area contributed by atoms with Crippen LogP contribution in [-0.4, -0.2) is 25.5 Å². The van der Waals surface area contributed by atoms with Gasteiger partial charge >= 0.3 is 5.97 Å². The summed E-state index contributed by atoms with van der Waals surface area (Å²) in [5.41, 5.74) is 1.27. The van der Waals surface area contributed by atoms with Gasteiger partial charge in [0, 0.05) is 0 Å². The molecule has 0 heterocycles. The predicted molar refractivity (Wildman–Crippen MR) is 91.1 cm³/mol. The van der Waals surface area contributed by atoms with Gasteiger partial charge in [-0.1, -0.05) is 40.7 Å². The first kappa shape index (κ1) is 19.2. The van der Waals surface area contributed by atoms with Crippen LogP contribution >= 0.6 is 0 Å². The molecule has 0 aliphatic carbocycles. The van der Waals surface area contributed by atoms with Gasteiger partial charge in [0.25, 0.3) is 5.78 Å². The largest absolute Gasteiger partial charge is 0.496 e. The minimum atomic E-state index is -0.850. The quantitative estimate of drug-likeness (QED) is 0.449. The van der Waals surface area contributed by atoms with E-state index in [1.807, 2.05) is 6.07 Å². The Morgan fingerprint density at radius 3 is 2.17 bits per heavy atom. The van der Waals surface area contributed by atoms with E-state index in [9.17, 15) is 9.59 Å². The zero-order valence-corrected chi connectivity index (χ0v) is 15.3. The average molecular weight is 320 g/mol. The Labute approximate surface area is 139 Å². The minimum Gasteiger partial charge on any atom is -0.496 e. The van der Waals surface area contributed by atoms with E-state index >= 15 is 0 Å². The number of methoxy groups -OCH3 is 1. The van der Waals surface area contributed by atoms with Crippen LogP contribution in [0.1, 0.15) is 63.9 Å². The highest BCUT2D eigenvalue weighted by Crippen LogP contribution is 2.37. The molecule has 0 unspecified atom stereocenters. The summed E-state index contributed by atoms with van der Waals surface area (Å²) in [6, 6.07) is 5.45. The van der Waals surface area contributed by atoms with Gasteiger partial charge in [0.2, 0.25) is 0 Å². The van der Waals surface area contributed by atoms with Crippen molar-refractivity contribution in [1.82, 2.24) is 0 Å². The van der Waals surface area contributed by atoms with Gasteiger partial charge in [0.15, 0.2) is 0 Å². The van der Waals surface area contributed by atoms with E-state index in [1.54, 1.807) is 19.1 Å². The molecule has 0 spiro atoms. The van der Waals surface area contributed by atoms with Gasteiger partial charge in [-0.15, -0.1) is 0 Å². The van der Waals surface area contributed by atoms with E-state index in [-0.39, 0.29) is 23.0 Å². The molecule has 0 N–H and O–H groups in total. The molecule has 0 aliphatic rings. The molecule has 128 valence electrons. The first-order valence-corrected chi connectivity index (χ1v) is 7.92. The van der Waals surface area contributed by atoms with Gasteiger partial charge in [-0.05, 0) is 41.9 Å². The summed E-state index contributed by atoms with van der Waals surface area (Å²) in [5.74, 6) is -1.13. The number of ether oxygens (including phenoxy) is 2. The number of Topliss-reactive ketones (excluding diaryl/α,β-unsaturated/α-hetero) is 1. The van der Waals surface area contributed by atoms with Crippen LogP contribution in [0.15, 0.2) is 18.2 Å². The van der Waals surface area contributed by atoms with Crippen molar-refractivity contribution in [3.05, 3.63) is 29.3 Å². The average Bonchev–Trinajstić information content (AvgIpc) is 2.43. The van der Waals surface area contributed by atoms with Gasteiger partial charge < -0.3 is 9.47 Å². The maximum atomic E-state index is 12.3. The molecule has 1 aromatic rings. The van der Waals surface area contributed by atoms with E-state index in [1.165, 1.54) is 7.11 Å². The van der Waals surface area contributed by atoms with Gasteiger partial charge in [-0.3, -0.25) is 4.79 Å². The monoisotopic (exact) mass is 320 g/mol. The Bertz CT molecular complexity index is 580. The summed E-state index contributed by atoms with van der Waals surface area (Å²) in [5, 5.41) is 0. The minimum absolute atomic E-state index is 0.131. The van der Waals surface area contributed by atoms with E-state index < -0.39 is 11.8 Å². The molecule has 4 heteroatoms. The summed E-state index contributed by atoms with van der Waals surface area (Å²) >= 11 is 0. The molecule has 1 aromatic carbocycles. The number of hydrogen-bond donors (Lipinski definition) is 0. The van der Waals surface area contributed by atoms with Crippen molar-refractivity contribution in [1.29, 1.82) is 0 Å². The molecule has 0 radical (unpaired) electrons. The molecule has 0 aromatic heterocycles. The van der Waals surface area contributed by atoms with Crippen molar-refractivity contribution >= 4 is 11.8 Å². The Morgan fingerprint density at radius 2 is 1.70 bits per heavy atom. The topological polar surface area (TPSA) is 52.6 Å². The van der Waals surface area contributed by atoms with Gasteiger partial charge in [0.1, 0.15) is 5.75 Å². The molecular formula is C19H28O4. The Kier molecular flexibility index (Phi) is 5.98. The van der Waals surface area contributed by atoms with Crippen molar-refractivity contribution in [2.75, 3.05) is 13.7 Å². The molecule has 23 heavy (non-hydrogen) atoms. The standard InChI is InChI=1S/C19H28O4/c1-8-23-17(21)16(20)14-11-13(9-10-15(14)22-7)19(5,6)12-18(2,3)4/h9-11H,8,12H2,1-7H3. The zero-order chi connectivity index (χ0) is 17.8. The molecule has 0 saturated carbocycles. The van der Waals surface area contributed by atoms with Crippen LogP contribution < -0.4 is 4.74 Å². The second-order valence-electron chi connectivity index (χ2n) is 7.59. The third-order valence-corrected chi connectivity index (χ3v) is 3.66. The van der Waals surface area contributed by atoms with Gasteiger partial charge in [-0.25, -0.2) is 4.79 Å². The fraction of sp³-hybridized carbons (Fsp3) is 0.579. The van der Waals surface area contributed by atoms with E-state index in [0.29, 0.717) is 5.75 Å². The van der Waals surface area contributed by atoms with Crippen LogP contribution in [0.2, 0.25) is 0 Å². The van der Waals surface area contributed by atoms with Crippen LogP contribution in [0, 0.1) is 5.41 Å². The van der Waals surface area contributed by atoms with Crippen molar-refractivity contribution in [2.24, 2.45) is 5.41 Å². The number of carbonyl (C=O) groups is 2. The van der Waals surface area contributed by atoms with Crippen molar-refractivity contribution in [2.45, 2.75) is 53.4 Å². The molecule has 1 rings (SSSR count). The van der Waals surface area contributed by atoms with Crippen molar-refractivity contribution in [3.8, 4) is 5.75 Å².